The van der Waals surface area contributed by atoms with Crippen LogP contribution in [0.5, 0.6) is 0 Å². The number of hydrogen-bond acceptors (Lipinski definition) is 9. The molecular formula is C32H36O9. The summed E-state index contributed by atoms with van der Waals surface area (Å²) < 4.78 is 42.9. The lowest BCUT2D eigenvalue weighted by Gasteiger charge is -2.52. The molecule has 3 aromatic rings. The highest BCUT2D eigenvalue weighted by atomic mass is 16.7. The monoisotopic (exact) mass is 564 g/mol. The maximum atomic E-state index is 12.6. The topological polar surface area (TPSA) is 102 Å². The predicted molar refractivity (Wildman–Crippen MR) is 147 cm³/mol. The molecule has 9 nitrogen and oxygen atoms in total. The van der Waals surface area contributed by atoms with Crippen molar-refractivity contribution in [1.29, 1.82) is 0 Å². The normalized spacial score (nSPS) is 28.1. The lowest BCUT2D eigenvalue weighted by atomic mass is 9.79. The van der Waals surface area contributed by atoms with E-state index < -0.39 is 48.4 Å². The Morgan fingerprint density at radius 1 is 0.854 bits per heavy atom. The molecule has 0 amide bonds. The van der Waals surface area contributed by atoms with Gasteiger partial charge in [0.25, 0.3) is 0 Å². The van der Waals surface area contributed by atoms with Crippen LogP contribution < -0.4 is 0 Å². The van der Waals surface area contributed by atoms with Crippen molar-refractivity contribution >= 4 is 5.97 Å². The molecule has 1 N–H and O–H groups in total. The first kappa shape index (κ1) is 29.3. The summed E-state index contributed by atoms with van der Waals surface area (Å²) in [5.74, 6) is -0.865. The zero-order valence-corrected chi connectivity index (χ0v) is 23.2. The maximum absolute atomic E-state index is 12.6. The van der Waals surface area contributed by atoms with E-state index in [9.17, 15) is 9.90 Å². The number of aliphatic hydroxyl groups is 1. The summed E-state index contributed by atoms with van der Waals surface area (Å²) in [5, 5.41) is 11.2. The van der Waals surface area contributed by atoms with Crippen LogP contribution in [-0.4, -0.2) is 74.3 Å². The molecule has 5 rings (SSSR count). The SMILES string of the molecule is COC(=O)[C@H](O)C1O[C@H](OC)C2OC[C@H](OCc3ccccc3)C2(OCc2ccccc2)[C@@H]1OCc1ccccc1. The number of ether oxygens (including phenoxy) is 7. The van der Waals surface area contributed by atoms with Crippen LogP contribution in [0, 0.1) is 0 Å². The van der Waals surface area contributed by atoms with Gasteiger partial charge in [-0.2, -0.15) is 0 Å². The van der Waals surface area contributed by atoms with Crippen LogP contribution in [0.2, 0.25) is 0 Å². The van der Waals surface area contributed by atoms with E-state index in [4.69, 9.17) is 33.2 Å². The smallest absolute Gasteiger partial charge is 0.337 e. The van der Waals surface area contributed by atoms with Gasteiger partial charge in [0, 0.05) is 7.11 Å². The molecule has 3 unspecified atom stereocenters. The number of methoxy groups -OCH3 is 2. The third-order valence-corrected chi connectivity index (χ3v) is 7.54. The lowest BCUT2D eigenvalue weighted by Crippen LogP contribution is -2.72. The molecule has 2 heterocycles. The Balaban J connectivity index is 1.56. The van der Waals surface area contributed by atoms with Gasteiger partial charge in [0.05, 0.1) is 33.5 Å². The summed E-state index contributed by atoms with van der Waals surface area (Å²) in [7, 11) is 2.68. The van der Waals surface area contributed by atoms with Crippen molar-refractivity contribution in [2.45, 2.75) is 62.2 Å². The van der Waals surface area contributed by atoms with Gasteiger partial charge in [-0.15, -0.1) is 0 Å². The number of hydrogen-bond donors (Lipinski definition) is 1. The average molecular weight is 565 g/mol. The number of carbonyl (C=O) groups is 1. The van der Waals surface area contributed by atoms with Gasteiger partial charge in [-0.3, -0.25) is 0 Å². The molecule has 218 valence electrons. The Labute approximate surface area is 239 Å². The summed E-state index contributed by atoms with van der Waals surface area (Å²) in [4.78, 5) is 12.6. The molecule has 7 atom stereocenters. The molecule has 9 heteroatoms. The average Bonchev–Trinajstić information content (AvgIpc) is 3.41. The van der Waals surface area contributed by atoms with Crippen molar-refractivity contribution in [2.75, 3.05) is 20.8 Å². The minimum absolute atomic E-state index is 0.155. The summed E-state index contributed by atoms with van der Waals surface area (Å²) in [6.45, 7) is 0.786. The van der Waals surface area contributed by atoms with E-state index in [0.29, 0.717) is 0 Å². The van der Waals surface area contributed by atoms with Crippen LogP contribution >= 0.6 is 0 Å². The number of esters is 1. The van der Waals surface area contributed by atoms with E-state index in [-0.39, 0.29) is 26.4 Å². The van der Waals surface area contributed by atoms with Gasteiger partial charge in [0.1, 0.15) is 24.4 Å². The van der Waals surface area contributed by atoms with Gasteiger partial charge in [-0.05, 0) is 16.7 Å². The molecule has 0 radical (unpaired) electrons. The molecule has 2 aliphatic heterocycles. The van der Waals surface area contributed by atoms with Crippen molar-refractivity contribution in [3.63, 3.8) is 0 Å². The number of carbonyl (C=O) groups excluding carboxylic acids is 1. The van der Waals surface area contributed by atoms with Crippen LogP contribution in [0.4, 0.5) is 0 Å². The first-order chi connectivity index (χ1) is 20.1. The number of aliphatic hydroxyl groups excluding tert-OH is 1. The fraction of sp³-hybridized carbons (Fsp3) is 0.406. The van der Waals surface area contributed by atoms with Crippen molar-refractivity contribution in [2.24, 2.45) is 0 Å². The second-order valence-electron chi connectivity index (χ2n) is 10.1. The maximum Gasteiger partial charge on any atom is 0.337 e. The van der Waals surface area contributed by atoms with Crippen molar-refractivity contribution in [3.8, 4) is 0 Å². The summed E-state index contributed by atoms with van der Waals surface area (Å²) >= 11 is 0. The quantitative estimate of drug-likeness (QED) is 0.332. The van der Waals surface area contributed by atoms with Gasteiger partial charge >= 0.3 is 5.97 Å². The van der Waals surface area contributed by atoms with Crippen molar-refractivity contribution in [1.82, 2.24) is 0 Å². The van der Waals surface area contributed by atoms with Gasteiger partial charge in [0.2, 0.25) is 0 Å². The molecular weight excluding hydrogens is 528 g/mol. The Bertz CT molecular complexity index is 1230. The zero-order valence-electron chi connectivity index (χ0n) is 23.2. The Morgan fingerprint density at radius 3 is 1.93 bits per heavy atom. The largest absolute Gasteiger partial charge is 0.467 e. The number of benzene rings is 3. The van der Waals surface area contributed by atoms with Gasteiger partial charge in [0.15, 0.2) is 18.0 Å². The number of fused-ring (bicyclic) bond motifs is 1. The molecule has 0 aromatic heterocycles. The molecule has 41 heavy (non-hydrogen) atoms. The fourth-order valence-electron chi connectivity index (χ4n) is 5.47. The molecule has 0 bridgehead atoms. The third-order valence-electron chi connectivity index (χ3n) is 7.54. The Hall–Kier alpha value is -3.15. The van der Waals surface area contributed by atoms with E-state index in [1.807, 2.05) is 91.0 Å². The van der Waals surface area contributed by atoms with E-state index >= 15 is 0 Å². The van der Waals surface area contributed by atoms with Crippen molar-refractivity contribution in [3.05, 3.63) is 108 Å². The molecule has 0 saturated carbocycles. The van der Waals surface area contributed by atoms with Crippen LogP contribution in [-0.2, 0) is 57.8 Å². The van der Waals surface area contributed by atoms with Crippen LogP contribution in [0.15, 0.2) is 91.0 Å². The second-order valence-corrected chi connectivity index (χ2v) is 10.1. The summed E-state index contributed by atoms with van der Waals surface area (Å²) in [6, 6.07) is 29.1. The minimum atomic E-state index is -1.69. The van der Waals surface area contributed by atoms with E-state index in [0.717, 1.165) is 16.7 Å². The molecule has 0 aliphatic carbocycles. The van der Waals surface area contributed by atoms with Gasteiger partial charge < -0.3 is 38.3 Å². The van der Waals surface area contributed by atoms with Crippen LogP contribution in [0.3, 0.4) is 0 Å². The van der Waals surface area contributed by atoms with E-state index in [1.54, 1.807) is 0 Å². The molecule has 2 saturated heterocycles. The zero-order chi connectivity index (χ0) is 28.7. The highest BCUT2D eigenvalue weighted by molar-refractivity contribution is 5.75. The van der Waals surface area contributed by atoms with Gasteiger partial charge in [-0.25, -0.2) is 4.79 Å². The highest BCUT2D eigenvalue weighted by Crippen LogP contribution is 2.46. The predicted octanol–water partition coefficient (Wildman–Crippen LogP) is 3.42. The lowest BCUT2D eigenvalue weighted by molar-refractivity contribution is -0.349. The second kappa shape index (κ2) is 13.7. The molecule has 2 aliphatic rings. The molecule has 0 spiro atoms. The summed E-state index contributed by atoms with van der Waals surface area (Å²) in [5.41, 5.74) is 1.44. The first-order valence-electron chi connectivity index (χ1n) is 13.6. The Kier molecular flexibility index (Phi) is 9.79. The number of rotatable bonds is 12. The molecule has 2 fully saturated rings. The summed E-state index contributed by atoms with van der Waals surface area (Å²) in [6.07, 6.45) is -6.36. The molecule has 3 aromatic carbocycles. The van der Waals surface area contributed by atoms with Gasteiger partial charge in [-0.1, -0.05) is 91.0 Å². The van der Waals surface area contributed by atoms with Crippen molar-refractivity contribution < 1.29 is 43.1 Å². The van der Waals surface area contributed by atoms with Crippen LogP contribution in [0.1, 0.15) is 16.7 Å². The van der Waals surface area contributed by atoms with E-state index in [1.165, 1.54) is 14.2 Å². The fourth-order valence-corrected chi connectivity index (χ4v) is 5.47. The van der Waals surface area contributed by atoms with E-state index in [2.05, 4.69) is 0 Å². The standard InChI is InChI=1S/C32H36O9/c1-35-30(34)26(33)27-28(38-19-23-14-8-4-9-15-23)32(40-20-24-16-10-5-11-17-24)25(21-39-29(32)31(36-2)41-27)37-18-22-12-6-3-7-13-22/h3-17,25-29,31,33H,18-21H2,1-2H3/t25-,26+,27?,28+,29?,31-,32?/m0/s1. The first-order valence-corrected chi connectivity index (χ1v) is 13.6. The minimum Gasteiger partial charge on any atom is -0.467 e. The Morgan fingerprint density at radius 2 is 1.39 bits per heavy atom. The highest BCUT2D eigenvalue weighted by Gasteiger charge is 2.68. The van der Waals surface area contributed by atoms with Crippen LogP contribution in [0.25, 0.3) is 0 Å². The third kappa shape index (κ3) is 6.37.